The van der Waals surface area contributed by atoms with Gasteiger partial charge in [-0.05, 0) is 5.56 Å². The molecule has 0 aliphatic heterocycles. The summed E-state index contributed by atoms with van der Waals surface area (Å²) < 4.78 is 24.6. The van der Waals surface area contributed by atoms with Gasteiger partial charge in [0.15, 0.2) is 5.37 Å². The molecule has 0 bridgehead atoms. The Bertz CT molecular complexity index is 549. The lowest BCUT2D eigenvalue weighted by Crippen LogP contribution is -2.26. The highest BCUT2D eigenvalue weighted by atomic mass is 32.2. The standard InChI is InChI=1S/C10H11N3O2S/c11-16(14,15)10(13-7-6-12-8-13)9-4-2-1-3-5-9/h1-8,10H,(H2,11,14,15). The van der Waals surface area contributed by atoms with Gasteiger partial charge in [-0.25, -0.2) is 18.5 Å². The molecule has 6 heteroatoms. The van der Waals surface area contributed by atoms with Crippen LogP contribution in [0.4, 0.5) is 0 Å². The number of nitrogens with two attached hydrogens (primary N) is 1. The minimum atomic E-state index is -3.72. The van der Waals surface area contributed by atoms with Crippen LogP contribution >= 0.6 is 0 Å². The van der Waals surface area contributed by atoms with Crippen molar-refractivity contribution in [3.8, 4) is 0 Å². The smallest absolute Gasteiger partial charge is 0.235 e. The molecule has 0 spiro atoms. The molecule has 1 aromatic heterocycles. The molecule has 0 aliphatic rings. The number of rotatable bonds is 3. The summed E-state index contributed by atoms with van der Waals surface area (Å²) in [5.41, 5.74) is 0.614. The highest BCUT2D eigenvalue weighted by molar-refractivity contribution is 7.89. The first kappa shape index (κ1) is 10.8. The molecular formula is C10H11N3O2S. The van der Waals surface area contributed by atoms with Gasteiger partial charge < -0.3 is 4.57 Å². The van der Waals surface area contributed by atoms with E-state index < -0.39 is 15.4 Å². The summed E-state index contributed by atoms with van der Waals surface area (Å²) in [5.74, 6) is 0. The quantitative estimate of drug-likeness (QED) is 0.854. The van der Waals surface area contributed by atoms with E-state index in [2.05, 4.69) is 4.98 Å². The molecule has 2 rings (SSSR count). The van der Waals surface area contributed by atoms with Gasteiger partial charge in [0.2, 0.25) is 10.0 Å². The van der Waals surface area contributed by atoms with Gasteiger partial charge in [0, 0.05) is 12.4 Å². The van der Waals surface area contributed by atoms with E-state index in [9.17, 15) is 8.42 Å². The van der Waals surface area contributed by atoms with E-state index in [1.165, 1.54) is 17.1 Å². The summed E-state index contributed by atoms with van der Waals surface area (Å²) in [6.07, 6.45) is 4.52. The van der Waals surface area contributed by atoms with Gasteiger partial charge in [-0.2, -0.15) is 0 Å². The highest BCUT2D eigenvalue weighted by Gasteiger charge is 2.24. The Hall–Kier alpha value is -1.66. The van der Waals surface area contributed by atoms with Crippen LogP contribution in [-0.4, -0.2) is 18.0 Å². The molecule has 0 radical (unpaired) electrons. The minimum Gasteiger partial charge on any atom is -0.315 e. The van der Waals surface area contributed by atoms with Crippen molar-refractivity contribution in [1.82, 2.24) is 9.55 Å². The predicted molar refractivity (Wildman–Crippen MR) is 59.9 cm³/mol. The van der Waals surface area contributed by atoms with Gasteiger partial charge in [0.25, 0.3) is 0 Å². The van der Waals surface area contributed by atoms with Crippen LogP contribution in [0.5, 0.6) is 0 Å². The second kappa shape index (κ2) is 4.07. The Kier molecular flexibility index (Phi) is 2.76. The van der Waals surface area contributed by atoms with Crippen LogP contribution < -0.4 is 5.14 Å². The van der Waals surface area contributed by atoms with Crippen molar-refractivity contribution in [3.05, 3.63) is 54.6 Å². The van der Waals surface area contributed by atoms with Gasteiger partial charge in [-0.1, -0.05) is 30.3 Å². The first-order valence-electron chi connectivity index (χ1n) is 4.63. The van der Waals surface area contributed by atoms with Crippen molar-refractivity contribution in [3.63, 3.8) is 0 Å². The number of hydrogen-bond acceptors (Lipinski definition) is 3. The van der Waals surface area contributed by atoms with Crippen molar-refractivity contribution in [2.24, 2.45) is 5.14 Å². The maximum Gasteiger partial charge on any atom is 0.235 e. The average molecular weight is 237 g/mol. The fraction of sp³-hybridized carbons (Fsp3) is 0.100. The Morgan fingerprint density at radius 1 is 1.25 bits per heavy atom. The lowest BCUT2D eigenvalue weighted by atomic mass is 10.2. The highest BCUT2D eigenvalue weighted by Crippen LogP contribution is 2.21. The zero-order valence-corrected chi connectivity index (χ0v) is 9.21. The Morgan fingerprint density at radius 3 is 2.44 bits per heavy atom. The molecule has 1 heterocycles. The summed E-state index contributed by atoms with van der Waals surface area (Å²) in [6.45, 7) is 0. The second-order valence-corrected chi connectivity index (χ2v) is 4.99. The lowest BCUT2D eigenvalue weighted by Gasteiger charge is -2.16. The van der Waals surface area contributed by atoms with E-state index in [1.54, 1.807) is 30.5 Å². The number of hydrogen-bond donors (Lipinski definition) is 1. The third-order valence-corrected chi connectivity index (χ3v) is 3.33. The summed E-state index contributed by atoms with van der Waals surface area (Å²) in [4.78, 5) is 3.83. The van der Waals surface area contributed by atoms with Crippen molar-refractivity contribution in [2.45, 2.75) is 5.37 Å². The van der Waals surface area contributed by atoms with Crippen molar-refractivity contribution < 1.29 is 8.42 Å². The Balaban J connectivity index is 2.54. The number of benzene rings is 1. The van der Waals surface area contributed by atoms with E-state index >= 15 is 0 Å². The number of sulfonamides is 1. The molecule has 0 amide bonds. The fourth-order valence-electron chi connectivity index (χ4n) is 1.56. The van der Waals surface area contributed by atoms with Gasteiger partial charge in [0.05, 0.1) is 6.33 Å². The zero-order valence-electron chi connectivity index (χ0n) is 8.39. The van der Waals surface area contributed by atoms with Crippen molar-refractivity contribution in [1.29, 1.82) is 0 Å². The molecule has 2 N–H and O–H groups in total. The van der Waals surface area contributed by atoms with E-state index in [0.717, 1.165) is 0 Å². The molecular weight excluding hydrogens is 226 g/mol. The van der Waals surface area contributed by atoms with Crippen molar-refractivity contribution >= 4 is 10.0 Å². The topological polar surface area (TPSA) is 78.0 Å². The van der Waals surface area contributed by atoms with Gasteiger partial charge in [-0.3, -0.25) is 0 Å². The van der Waals surface area contributed by atoms with Crippen LogP contribution in [0.15, 0.2) is 49.1 Å². The van der Waals surface area contributed by atoms with E-state index in [1.807, 2.05) is 6.07 Å². The third kappa shape index (κ3) is 2.12. The van der Waals surface area contributed by atoms with Crippen LogP contribution in [0.25, 0.3) is 0 Å². The molecule has 84 valence electrons. The number of imidazole rings is 1. The zero-order chi connectivity index (χ0) is 11.6. The average Bonchev–Trinajstić information content (AvgIpc) is 2.71. The first-order valence-corrected chi connectivity index (χ1v) is 6.24. The molecule has 0 aliphatic carbocycles. The van der Waals surface area contributed by atoms with E-state index in [4.69, 9.17) is 5.14 Å². The van der Waals surface area contributed by atoms with Crippen LogP contribution in [0.1, 0.15) is 10.9 Å². The van der Waals surface area contributed by atoms with Crippen molar-refractivity contribution in [2.75, 3.05) is 0 Å². The molecule has 1 aromatic carbocycles. The van der Waals surface area contributed by atoms with Gasteiger partial charge in [0.1, 0.15) is 0 Å². The van der Waals surface area contributed by atoms with Crippen LogP contribution in [0.2, 0.25) is 0 Å². The molecule has 5 nitrogen and oxygen atoms in total. The number of nitrogens with zero attached hydrogens (tertiary/aromatic N) is 2. The molecule has 16 heavy (non-hydrogen) atoms. The number of primary sulfonamides is 1. The SMILES string of the molecule is NS(=O)(=O)C(c1ccccc1)n1ccnc1. The van der Waals surface area contributed by atoms with E-state index in [0.29, 0.717) is 5.56 Å². The monoisotopic (exact) mass is 237 g/mol. The molecule has 0 saturated heterocycles. The summed E-state index contributed by atoms with van der Waals surface area (Å²) >= 11 is 0. The summed E-state index contributed by atoms with van der Waals surface area (Å²) in [6, 6.07) is 8.79. The Labute approximate surface area is 93.6 Å². The van der Waals surface area contributed by atoms with Gasteiger partial charge >= 0.3 is 0 Å². The molecule has 0 fully saturated rings. The Morgan fingerprint density at radius 2 is 1.94 bits per heavy atom. The second-order valence-electron chi connectivity index (χ2n) is 3.36. The number of aromatic nitrogens is 2. The fourth-order valence-corrected chi connectivity index (χ4v) is 2.56. The minimum absolute atomic E-state index is 0.614. The van der Waals surface area contributed by atoms with Crippen LogP contribution in [0, 0.1) is 0 Å². The largest absolute Gasteiger partial charge is 0.315 e. The molecule has 2 aromatic rings. The predicted octanol–water partition coefficient (Wildman–Crippen LogP) is 0.719. The molecule has 1 unspecified atom stereocenters. The maximum absolute atomic E-state index is 11.6. The molecule has 1 atom stereocenters. The van der Waals surface area contributed by atoms with Gasteiger partial charge in [-0.15, -0.1) is 0 Å². The maximum atomic E-state index is 11.6. The van der Waals surface area contributed by atoms with Crippen LogP contribution in [0.3, 0.4) is 0 Å². The summed E-state index contributed by atoms with van der Waals surface area (Å²) in [7, 11) is -3.72. The third-order valence-electron chi connectivity index (χ3n) is 2.19. The summed E-state index contributed by atoms with van der Waals surface area (Å²) in [5, 5.41) is 4.31. The normalized spacial score (nSPS) is 13.6. The lowest BCUT2D eigenvalue weighted by molar-refractivity contribution is 0.569. The van der Waals surface area contributed by atoms with Crippen LogP contribution in [-0.2, 0) is 10.0 Å². The van der Waals surface area contributed by atoms with E-state index in [-0.39, 0.29) is 0 Å². The molecule has 0 saturated carbocycles. The first-order chi connectivity index (χ1) is 7.59.